The summed E-state index contributed by atoms with van der Waals surface area (Å²) in [5.41, 5.74) is 0.826. The van der Waals surface area contributed by atoms with Gasteiger partial charge in [-0.15, -0.1) is 16.4 Å². The quantitative estimate of drug-likeness (QED) is 0.208. The number of aliphatic hydroxyl groups is 1. The first kappa shape index (κ1) is 22.6. The first-order valence-electron chi connectivity index (χ1n) is 11.1. The van der Waals surface area contributed by atoms with E-state index >= 15 is 0 Å². The molecule has 1 amide bonds. The van der Waals surface area contributed by atoms with Gasteiger partial charge in [0, 0.05) is 29.0 Å². The standard InChI is InChI=1S/C23H25N4O6S/c1-13-19-18(14(2)28)22(29)26(19)20(21(13)34-17-10-24-8-3-9-25(24)11-17)23(30)33-12-15-4-6-16(7-5-15)27(31)32/h3-9,13-14,17-19,28H,10-12H2,1-2H3/q+1/t13-,14-,18-,19-/m1/s1. The van der Waals surface area contributed by atoms with E-state index in [0.717, 1.165) is 18.0 Å². The predicted octanol–water partition coefficient (Wildman–Crippen LogP) is 1.61. The maximum Gasteiger partial charge on any atom is 0.356 e. The van der Waals surface area contributed by atoms with Crippen LogP contribution in [0, 0.1) is 22.0 Å². The molecule has 2 aromatic rings. The number of aliphatic hydroxyl groups excluding tert-OH is 1. The highest BCUT2D eigenvalue weighted by Crippen LogP contribution is 2.51. The maximum atomic E-state index is 13.2. The second-order valence-electron chi connectivity index (χ2n) is 8.94. The van der Waals surface area contributed by atoms with Gasteiger partial charge in [-0.05, 0) is 24.6 Å². The molecule has 11 heteroatoms. The summed E-state index contributed by atoms with van der Waals surface area (Å²) in [6.45, 7) is 5.10. The van der Waals surface area contributed by atoms with Crippen molar-refractivity contribution in [3.05, 3.63) is 69.0 Å². The summed E-state index contributed by atoms with van der Waals surface area (Å²) in [6.07, 6.45) is 3.21. The van der Waals surface area contributed by atoms with Crippen LogP contribution in [-0.4, -0.2) is 48.9 Å². The molecule has 1 fully saturated rings. The Bertz CT molecular complexity index is 1170. The van der Waals surface area contributed by atoms with Crippen LogP contribution < -0.4 is 4.68 Å². The van der Waals surface area contributed by atoms with Gasteiger partial charge in [0.2, 0.25) is 5.91 Å². The van der Waals surface area contributed by atoms with Crippen LogP contribution in [0.25, 0.3) is 0 Å². The van der Waals surface area contributed by atoms with E-state index in [1.807, 2.05) is 25.4 Å². The van der Waals surface area contributed by atoms with Gasteiger partial charge in [0.1, 0.15) is 12.3 Å². The van der Waals surface area contributed by atoms with Crippen LogP contribution in [0.1, 0.15) is 19.4 Å². The Kier molecular flexibility index (Phi) is 5.68. The maximum absolute atomic E-state index is 13.2. The normalized spacial score (nSPS) is 26.2. The van der Waals surface area contributed by atoms with Gasteiger partial charge in [0.15, 0.2) is 12.7 Å². The van der Waals surface area contributed by atoms with Gasteiger partial charge < -0.3 is 14.7 Å². The predicted molar refractivity (Wildman–Crippen MR) is 121 cm³/mol. The summed E-state index contributed by atoms with van der Waals surface area (Å²) in [5.74, 6) is -1.51. The monoisotopic (exact) mass is 485 g/mol. The van der Waals surface area contributed by atoms with Crippen LogP contribution in [0.4, 0.5) is 5.69 Å². The zero-order valence-electron chi connectivity index (χ0n) is 18.7. The fourth-order valence-electron chi connectivity index (χ4n) is 5.07. The van der Waals surface area contributed by atoms with Crippen molar-refractivity contribution in [1.82, 2.24) is 9.58 Å². The number of carbonyl (C=O) groups is 2. The number of esters is 1. The second kappa shape index (κ2) is 8.55. The van der Waals surface area contributed by atoms with Crippen molar-refractivity contribution in [3.8, 4) is 0 Å². The molecule has 0 unspecified atom stereocenters. The largest absolute Gasteiger partial charge is 0.456 e. The Morgan fingerprint density at radius 3 is 2.76 bits per heavy atom. The molecule has 1 aromatic heterocycles. The molecule has 10 nitrogen and oxygen atoms in total. The molecule has 3 aliphatic heterocycles. The number of nitrogens with zero attached hydrogens (tertiary/aromatic N) is 4. The molecule has 4 heterocycles. The second-order valence-corrected chi connectivity index (χ2v) is 10.3. The van der Waals surface area contributed by atoms with Crippen molar-refractivity contribution >= 4 is 29.3 Å². The summed E-state index contributed by atoms with van der Waals surface area (Å²) in [4.78, 5) is 38.8. The van der Waals surface area contributed by atoms with E-state index in [0.29, 0.717) is 5.56 Å². The SMILES string of the molecule is C[C@@H](O)[C@H]1C(=O)N2C(C(=O)OCc3ccc([N+](=O)[O-])cc3)=C(SC3Cn4ccc[n+]4C3)[C@H](C)[C@H]12. The molecular weight excluding hydrogens is 460 g/mol. The van der Waals surface area contributed by atoms with Gasteiger partial charge in [-0.2, -0.15) is 4.68 Å². The first-order chi connectivity index (χ1) is 16.3. The number of β-lactam (4-membered cyclic amide) rings is 1. The van der Waals surface area contributed by atoms with Gasteiger partial charge in [-0.1, -0.05) is 6.92 Å². The van der Waals surface area contributed by atoms with Crippen LogP contribution in [0.15, 0.2) is 53.3 Å². The summed E-state index contributed by atoms with van der Waals surface area (Å²) >= 11 is 1.60. The van der Waals surface area contributed by atoms with E-state index in [1.54, 1.807) is 18.7 Å². The van der Waals surface area contributed by atoms with Crippen LogP contribution in [-0.2, 0) is 34.0 Å². The smallest absolute Gasteiger partial charge is 0.356 e. The number of carbonyl (C=O) groups excluding carboxylic acids is 2. The molecule has 1 aromatic carbocycles. The highest BCUT2D eigenvalue weighted by molar-refractivity contribution is 8.03. The van der Waals surface area contributed by atoms with Crippen LogP contribution in [0.2, 0.25) is 0 Å². The van der Waals surface area contributed by atoms with E-state index in [4.69, 9.17) is 4.74 Å². The summed E-state index contributed by atoms with van der Waals surface area (Å²) in [5, 5.41) is 21.2. The number of thioether (sulfide) groups is 1. The molecule has 0 aliphatic carbocycles. The lowest BCUT2D eigenvalue weighted by Gasteiger charge is -2.46. The van der Waals surface area contributed by atoms with Crippen molar-refractivity contribution in [1.29, 1.82) is 0 Å². The Hall–Kier alpha value is -3.18. The zero-order valence-corrected chi connectivity index (χ0v) is 19.6. The molecule has 0 bridgehead atoms. The van der Waals surface area contributed by atoms with Crippen molar-refractivity contribution in [2.45, 2.75) is 50.9 Å². The van der Waals surface area contributed by atoms with Crippen molar-refractivity contribution in [2.75, 3.05) is 0 Å². The molecule has 0 saturated carbocycles. The lowest BCUT2D eigenvalue weighted by Crippen LogP contribution is -2.63. The average molecular weight is 486 g/mol. The molecule has 4 atom stereocenters. The number of fused-ring (bicyclic) bond motifs is 2. The third kappa shape index (κ3) is 3.68. The Morgan fingerprint density at radius 2 is 2.12 bits per heavy atom. The number of ether oxygens (including phenoxy) is 1. The first-order valence-corrected chi connectivity index (χ1v) is 12.0. The number of amides is 1. The van der Waals surface area contributed by atoms with Crippen molar-refractivity contribution in [3.63, 3.8) is 0 Å². The molecule has 0 radical (unpaired) electrons. The van der Waals surface area contributed by atoms with E-state index in [1.165, 1.54) is 29.2 Å². The van der Waals surface area contributed by atoms with Crippen LogP contribution in [0.3, 0.4) is 0 Å². The number of benzene rings is 1. The number of rotatable bonds is 7. The molecule has 178 valence electrons. The zero-order chi connectivity index (χ0) is 24.1. The van der Waals surface area contributed by atoms with Crippen molar-refractivity contribution in [2.24, 2.45) is 11.8 Å². The van der Waals surface area contributed by atoms with Crippen LogP contribution in [0.5, 0.6) is 0 Å². The fraction of sp³-hybridized carbons (Fsp3) is 0.435. The summed E-state index contributed by atoms with van der Waals surface area (Å²) in [6, 6.07) is 7.51. The number of aromatic nitrogens is 2. The number of nitro benzene ring substituents is 1. The van der Waals surface area contributed by atoms with E-state index < -0.39 is 22.9 Å². The van der Waals surface area contributed by atoms with E-state index in [9.17, 15) is 24.8 Å². The van der Waals surface area contributed by atoms with E-state index in [-0.39, 0.29) is 41.1 Å². The van der Waals surface area contributed by atoms with Gasteiger partial charge in [-0.25, -0.2) is 4.79 Å². The topological polar surface area (TPSA) is 119 Å². The Labute approximate surface area is 199 Å². The summed E-state index contributed by atoms with van der Waals surface area (Å²) < 4.78 is 9.78. The minimum Gasteiger partial charge on any atom is -0.456 e. The fourth-order valence-corrected chi connectivity index (χ4v) is 6.53. The number of hydrogen-bond donors (Lipinski definition) is 1. The third-order valence-corrected chi connectivity index (χ3v) is 8.19. The summed E-state index contributed by atoms with van der Waals surface area (Å²) in [7, 11) is 0. The van der Waals surface area contributed by atoms with E-state index in [2.05, 4.69) is 9.36 Å². The molecular formula is C23H25N4O6S+. The Balaban J connectivity index is 1.37. The lowest BCUT2D eigenvalue weighted by molar-refractivity contribution is -0.757. The van der Waals surface area contributed by atoms with Crippen molar-refractivity contribution < 1.29 is 29.0 Å². The molecule has 1 saturated heterocycles. The number of nitro groups is 1. The Morgan fingerprint density at radius 1 is 1.38 bits per heavy atom. The lowest BCUT2D eigenvalue weighted by atomic mass is 9.79. The molecule has 1 N–H and O–H groups in total. The van der Waals surface area contributed by atoms with Gasteiger partial charge in [0.05, 0.1) is 41.0 Å². The number of hydrogen-bond acceptors (Lipinski definition) is 7. The van der Waals surface area contributed by atoms with Gasteiger partial charge in [0.25, 0.3) is 5.69 Å². The van der Waals surface area contributed by atoms with Crippen LogP contribution >= 0.6 is 11.8 Å². The molecule has 5 rings (SSSR count). The van der Waals surface area contributed by atoms with Gasteiger partial charge >= 0.3 is 5.97 Å². The molecule has 0 spiro atoms. The average Bonchev–Trinajstić information content (AvgIpc) is 3.44. The highest BCUT2D eigenvalue weighted by atomic mass is 32.2. The molecule has 3 aliphatic rings. The minimum absolute atomic E-state index is 0.0424. The third-order valence-electron chi connectivity index (χ3n) is 6.74. The highest BCUT2D eigenvalue weighted by Gasteiger charge is 2.60. The molecule has 34 heavy (non-hydrogen) atoms. The van der Waals surface area contributed by atoms with Gasteiger partial charge in [-0.3, -0.25) is 14.9 Å². The minimum atomic E-state index is -0.805. The number of non-ortho nitro benzene ring substituents is 1.